The van der Waals surface area contributed by atoms with Crippen molar-refractivity contribution in [2.45, 2.75) is 25.8 Å². The summed E-state index contributed by atoms with van der Waals surface area (Å²) in [7, 11) is 0. The minimum atomic E-state index is -0.0358. The second-order valence-corrected chi connectivity index (χ2v) is 5.98. The van der Waals surface area contributed by atoms with Crippen molar-refractivity contribution >= 4 is 5.91 Å². The smallest absolute Gasteiger partial charge is 0.251 e. The van der Waals surface area contributed by atoms with Crippen LogP contribution in [0.3, 0.4) is 0 Å². The molecule has 0 aliphatic heterocycles. The van der Waals surface area contributed by atoms with E-state index < -0.39 is 0 Å². The molecule has 1 aliphatic carbocycles. The quantitative estimate of drug-likeness (QED) is 0.802. The molecule has 2 aromatic carbocycles. The normalized spacial score (nSPS) is 16.0. The summed E-state index contributed by atoms with van der Waals surface area (Å²) in [6.45, 7) is 1.78. The Morgan fingerprint density at radius 3 is 2.79 bits per heavy atom. The Kier molecular flexibility index (Phi) is 3.61. The van der Waals surface area contributed by atoms with Gasteiger partial charge in [-0.1, -0.05) is 35.5 Å². The van der Waals surface area contributed by atoms with Crippen LogP contribution in [-0.2, 0) is 6.42 Å². The monoisotopic (exact) mass is 319 g/mol. The maximum Gasteiger partial charge on any atom is 0.251 e. The molecule has 5 heteroatoms. The number of nitrogens with zero attached hydrogens (tertiary/aromatic N) is 2. The fraction of sp³-hybridized carbons (Fsp3) is 0.211. The average Bonchev–Trinajstić information content (AvgIpc) is 3.22. The van der Waals surface area contributed by atoms with Crippen LogP contribution in [0, 0.1) is 6.92 Å². The van der Waals surface area contributed by atoms with Crippen molar-refractivity contribution in [1.82, 2.24) is 15.5 Å². The Balaban J connectivity index is 1.55. The summed E-state index contributed by atoms with van der Waals surface area (Å²) in [5.41, 5.74) is 4.03. The average molecular weight is 319 g/mol. The first-order valence-corrected chi connectivity index (χ1v) is 8.00. The lowest BCUT2D eigenvalue weighted by atomic mass is 10.0. The number of benzene rings is 2. The number of carbonyl (C=O) groups is 1. The van der Waals surface area contributed by atoms with Crippen molar-refractivity contribution in [3.63, 3.8) is 0 Å². The number of aromatic nitrogens is 2. The van der Waals surface area contributed by atoms with E-state index in [0.29, 0.717) is 17.3 Å². The van der Waals surface area contributed by atoms with Crippen molar-refractivity contribution < 1.29 is 9.32 Å². The molecule has 1 atom stereocenters. The van der Waals surface area contributed by atoms with E-state index >= 15 is 0 Å². The summed E-state index contributed by atoms with van der Waals surface area (Å²) < 4.78 is 5.04. The number of hydrogen-bond acceptors (Lipinski definition) is 4. The summed E-state index contributed by atoms with van der Waals surface area (Å²) in [6.07, 6.45) is 1.84. The Morgan fingerprint density at radius 1 is 1.21 bits per heavy atom. The van der Waals surface area contributed by atoms with Gasteiger partial charge in [0.1, 0.15) is 0 Å². The largest absolute Gasteiger partial charge is 0.345 e. The molecule has 0 saturated carbocycles. The lowest BCUT2D eigenvalue weighted by Crippen LogP contribution is -2.27. The van der Waals surface area contributed by atoms with Crippen LogP contribution in [0.4, 0.5) is 0 Å². The molecule has 24 heavy (non-hydrogen) atoms. The van der Waals surface area contributed by atoms with Gasteiger partial charge in [-0.25, -0.2) is 0 Å². The fourth-order valence-electron chi connectivity index (χ4n) is 3.15. The fourth-order valence-corrected chi connectivity index (χ4v) is 3.15. The molecule has 0 saturated heterocycles. The number of carbonyl (C=O) groups excluding carboxylic acids is 1. The van der Waals surface area contributed by atoms with Crippen LogP contribution in [-0.4, -0.2) is 16.0 Å². The summed E-state index contributed by atoms with van der Waals surface area (Å²) in [5.74, 6) is 1.12. The molecule has 5 nitrogen and oxygen atoms in total. The van der Waals surface area contributed by atoms with Crippen LogP contribution < -0.4 is 5.32 Å². The Hall–Kier alpha value is -2.95. The van der Waals surface area contributed by atoms with Crippen molar-refractivity contribution in [2.75, 3.05) is 0 Å². The summed E-state index contributed by atoms with van der Waals surface area (Å²) in [5, 5.41) is 7.09. The molecule has 1 unspecified atom stereocenters. The molecule has 1 heterocycles. The predicted molar refractivity (Wildman–Crippen MR) is 89.4 cm³/mol. The molecular formula is C19H17N3O2. The van der Waals surface area contributed by atoms with Gasteiger partial charge in [-0.2, -0.15) is 4.98 Å². The van der Waals surface area contributed by atoms with E-state index in [4.69, 9.17) is 4.52 Å². The molecule has 1 amide bonds. The molecule has 1 aliphatic rings. The van der Waals surface area contributed by atoms with Crippen molar-refractivity contribution in [3.05, 3.63) is 71.1 Å². The lowest BCUT2D eigenvalue weighted by Gasteiger charge is -2.14. The highest BCUT2D eigenvalue weighted by Crippen LogP contribution is 2.33. The topological polar surface area (TPSA) is 68.0 Å². The third kappa shape index (κ3) is 2.69. The number of aryl methyl sites for hydroxylation is 2. The molecule has 0 fully saturated rings. The van der Waals surface area contributed by atoms with Gasteiger partial charge in [0.15, 0.2) is 0 Å². The van der Waals surface area contributed by atoms with Gasteiger partial charge in [0.05, 0.1) is 6.04 Å². The minimum absolute atomic E-state index is 0.0358. The molecule has 0 bridgehead atoms. The third-order valence-corrected chi connectivity index (χ3v) is 4.35. The first-order valence-electron chi connectivity index (χ1n) is 8.00. The molecular weight excluding hydrogens is 302 g/mol. The van der Waals surface area contributed by atoms with E-state index in [0.717, 1.165) is 18.4 Å². The van der Waals surface area contributed by atoms with E-state index in [1.165, 1.54) is 11.1 Å². The minimum Gasteiger partial charge on any atom is -0.345 e. The van der Waals surface area contributed by atoms with E-state index in [9.17, 15) is 4.79 Å². The van der Waals surface area contributed by atoms with Crippen LogP contribution in [0.25, 0.3) is 11.4 Å². The van der Waals surface area contributed by atoms with Gasteiger partial charge < -0.3 is 9.84 Å². The van der Waals surface area contributed by atoms with E-state index in [1.807, 2.05) is 36.4 Å². The molecule has 0 radical (unpaired) electrons. The standard InChI is InChI=1S/C19H17N3O2/c1-12-20-18(22-24-12)15-7-9-16-14(11-15)8-10-17(16)21-19(23)13-5-3-2-4-6-13/h2-7,9,11,17H,8,10H2,1H3,(H,21,23). The highest BCUT2D eigenvalue weighted by Gasteiger charge is 2.25. The van der Waals surface area contributed by atoms with E-state index in [2.05, 4.69) is 27.6 Å². The lowest BCUT2D eigenvalue weighted by molar-refractivity contribution is 0.0936. The predicted octanol–water partition coefficient (Wildman–Crippen LogP) is 3.46. The highest BCUT2D eigenvalue weighted by molar-refractivity contribution is 5.94. The number of fused-ring (bicyclic) bond motifs is 1. The van der Waals surface area contributed by atoms with Crippen LogP contribution in [0.1, 0.15) is 39.8 Å². The van der Waals surface area contributed by atoms with Crippen LogP contribution >= 0.6 is 0 Å². The molecule has 1 N–H and O–H groups in total. The highest BCUT2D eigenvalue weighted by atomic mass is 16.5. The van der Waals surface area contributed by atoms with Crippen molar-refractivity contribution in [2.24, 2.45) is 0 Å². The second kappa shape index (κ2) is 5.92. The first-order chi connectivity index (χ1) is 11.7. The molecule has 0 spiro atoms. The van der Waals surface area contributed by atoms with Gasteiger partial charge >= 0.3 is 0 Å². The van der Waals surface area contributed by atoms with Crippen LogP contribution in [0.2, 0.25) is 0 Å². The molecule has 4 rings (SSSR count). The zero-order valence-electron chi connectivity index (χ0n) is 13.3. The molecule has 120 valence electrons. The van der Waals surface area contributed by atoms with Crippen molar-refractivity contribution in [3.8, 4) is 11.4 Å². The Labute approximate surface area is 139 Å². The maximum atomic E-state index is 12.4. The van der Waals surface area contributed by atoms with Crippen LogP contribution in [0.15, 0.2) is 53.1 Å². The third-order valence-electron chi connectivity index (χ3n) is 4.35. The van der Waals surface area contributed by atoms with E-state index in [1.54, 1.807) is 6.92 Å². The summed E-state index contributed by atoms with van der Waals surface area (Å²) >= 11 is 0. The van der Waals surface area contributed by atoms with Crippen molar-refractivity contribution in [1.29, 1.82) is 0 Å². The zero-order chi connectivity index (χ0) is 16.5. The Bertz CT molecular complexity index is 887. The summed E-state index contributed by atoms with van der Waals surface area (Å²) in [6, 6.07) is 15.5. The first kappa shape index (κ1) is 14.6. The van der Waals surface area contributed by atoms with Gasteiger partial charge in [0.25, 0.3) is 5.91 Å². The number of hydrogen-bond donors (Lipinski definition) is 1. The summed E-state index contributed by atoms with van der Waals surface area (Å²) in [4.78, 5) is 16.6. The number of amides is 1. The van der Waals surface area contributed by atoms with Gasteiger partial charge in [-0.05, 0) is 42.2 Å². The van der Waals surface area contributed by atoms with Gasteiger partial charge in [0.2, 0.25) is 11.7 Å². The molecule has 1 aromatic heterocycles. The second-order valence-electron chi connectivity index (χ2n) is 5.98. The van der Waals surface area contributed by atoms with Crippen LogP contribution in [0.5, 0.6) is 0 Å². The van der Waals surface area contributed by atoms with Gasteiger partial charge in [-0.3, -0.25) is 4.79 Å². The SMILES string of the molecule is Cc1nc(-c2ccc3c(c2)CCC3NC(=O)c2ccccc2)no1. The maximum absolute atomic E-state index is 12.4. The number of rotatable bonds is 3. The van der Waals surface area contributed by atoms with Gasteiger partial charge in [0, 0.05) is 18.1 Å². The Morgan fingerprint density at radius 2 is 2.04 bits per heavy atom. The van der Waals surface area contributed by atoms with E-state index in [-0.39, 0.29) is 11.9 Å². The van der Waals surface area contributed by atoms with Gasteiger partial charge in [-0.15, -0.1) is 0 Å². The molecule has 3 aromatic rings. The zero-order valence-corrected chi connectivity index (χ0v) is 13.3. The number of nitrogens with one attached hydrogen (secondary N) is 1.